The van der Waals surface area contributed by atoms with Gasteiger partial charge in [0.05, 0.1) is 0 Å². The van der Waals surface area contributed by atoms with E-state index < -0.39 is 0 Å². The number of rotatable bonds is 7. The summed E-state index contributed by atoms with van der Waals surface area (Å²) < 4.78 is 0. The lowest BCUT2D eigenvalue weighted by atomic mass is 10.0. The fraction of sp³-hybridized carbons (Fsp3) is 0.280. The number of benzene rings is 2. The Hall–Kier alpha value is -3.38. The molecule has 31 heavy (non-hydrogen) atoms. The number of amides is 1. The van der Waals surface area contributed by atoms with E-state index in [4.69, 9.17) is 5.73 Å². The van der Waals surface area contributed by atoms with Gasteiger partial charge in [0.25, 0.3) is 5.91 Å². The molecule has 1 aliphatic rings. The molecule has 0 atom stereocenters. The molecule has 1 saturated heterocycles. The molecular weight excluding hydrogens is 388 g/mol. The first-order valence-electron chi connectivity index (χ1n) is 10.8. The third kappa shape index (κ3) is 5.03. The van der Waals surface area contributed by atoms with Crippen LogP contribution < -0.4 is 11.1 Å². The van der Waals surface area contributed by atoms with E-state index in [-0.39, 0.29) is 11.7 Å². The Kier molecular flexibility index (Phi) is 6.48. The van der Waals surface area contributed by atoms with Gasteiger partial charge in [-0.05, 0) is 44.1 Å². The van der Waals surface area contributed by atoms with Crippen LogP contribution in [0.15, 0.2) is 60.8 Å². The smallest absolute Gasteiger partial charge is 0.251 e. The normalized spacial score (nSPS) is 15.2. The molecule has 6 nitrogen and oxygen atoms in total. The van der Waals surface area contributed by atoms with Gasteiger partial charge in [0, 0.05) is 58.7 Å². The van der Waals surface area contributed by atoms with Crippen molar-refractivity contribution in [3.63, 3.8) is 0 Å². The van der Waals surface area contributed by atoms with Crippen LogP contribution in [0.5, 0.6) is 0 Å². The number of carbonyl (C=O) groups excluding carboxylic acids is 2. The van der Waals surface area contributed by atoms with Crippen molar-refractivity contribution in [2.75, 3.05) is 26.2 Å². The van der Waals surface area contributed by atoms with Crippen molar-refractivity contribution in [1.29, 1.82) is 0 Å². The molecule has 4 N–H and O–H groups in total. The van der Waals surface area contributed by atoms with E-state index in [0.29, 0.717) is 23.4 Å². The highest BCUT2D eigenvalue weighted by Gasteiger charge is 2.13. The summed E-state index contributed by atoms with van der Waals surface area (Å²) in [6.45, 7) is 3.66. The number of carbonyl (C=O) groups is 2. The Morgan fingerprint density at radius 1 is 1.03 bits per heavy atom. The van der Waals surface area contributed by atoms with Crippen molar-refractivity contribution in [2.24, 2.45) is 5.73 Å². The van der Waals surface area contributed by atoms with Gasteiger partial charge in [-0.2, -0.15) is 0 Å². The van der Waals surface area contributed by atoms with Crippen LogP contribution in [0.3, 0.4) is 0 Å². The van der Waals surface area contributed by atoms with Gasteiger partial charge in [-0.25, -0.2) is 0 Å². The number of aromatic nitrogens is 1. The second kappa shape index (κ2) is 9.62. The van der Waals surface area contributed by atoms with Crippen molar-refractivity contribution < 1.29 is 9.59 Å². The number of hydrogen-bond acceptors (Lipinski definition) is 4. The van der Waals surface area contributed by atoms with Gasteiger partial charge >= 0.3 is 0 Å². The average molecular weight is 417 g/mol. The lowest BCUT2D eigenvalue weighted by molar-refractivity contribution is 0.0946. The van der Waals surface area contributed by atoms with E-state index in [0.717, 1.165) is 36.1 Å². The number of para-hydroxylation sites is 1. The highest BCUT2D eigenvalue weighted by Crippen LogP contribution is 2.22. The number of nitrogens with zero attached hydrogens (tertiary/aromatic N) is 1. The largest absolute Gasteiger partial charge is 0.398 e. The first-order valence-corrected chi connectivity index (χ1v) is 10.8. The third-order valence-corrected chi connectivity index (χ3v) is 5.76. The zero-order valence-electron chi connectivity index (χ0n) is 17.6. The summed E-state index contributed by atoms with van der Waals surface area (Å²) in [5.41, 5.74) is 9.26. The predicted molar refractivity (Wildman–Crippen MR) is 124 cm³/mol. The summed E-state index contributed by atoms with van der Waals surface area (Å²) in [6, 6.07) is 14.6. The molecular formula is C25H28N4O2. The molecule has 0 spiro atoms. The second-order valence-corrected chi connectivity index (χ2v) is 7.95. The minimum atomic E-state index is -0.231. The van der Waals surface area contributed by atoms with Gasteiger partial charge in [-0.15, -0.1) is 0 Å². The number of piperidine rings is 1. The van der Waals surface area contributed by atoms with Gasteiger partial charge in [0.1, 0.15) is 0 Å². The van der Waals surface area contributed by atoms with Crippen molar-refractivity contribution >= 4 is 28.3 Å². The van der Waals surface area contributed by atoms with Crippen molar-refractivity contribution in [3.8, 4) is 0 Å². The highest BCUT2D eigenvalue weighted by atomic mass is 16.1. The van der Waals surface area contributed by atoms with Crippen LogP contribution in [0.4, 0.5) is 0 Å². The van der Waals surface area contributed by atoms with Gasteiger partial charge in [0.2, 0.25) is 0 Å². The number of aromatic amines is 1. The molecule has 1 aliphatic heterocycles. The fourth-order valence-electron chi connectivity index (χ4n) is 4.04. The van der Waals surface area contributed by atoms with Gasteiger partial charge in [-0.3, -0.25) is 9.59 Å². The summed E-state index contributed by atoms with van der Waals surface area (Å²) in [5.74, 6) is -0.397. The number of ketones is 1. The fourth-order valence-corrected chi connectivity index (χ4v) is 4.04. The van der Waals surface area contributed by atoms with Crippen molar-refractivity contribution in [1.82, 2.24) is 15.2 Å². The lowest BCUT2D eigenvalue weighted by Crippen LogP contribution is -2.37. The molecule has 6 heteroatoms. The van der Waals surface area contributed by atoms with E-state index in [2.05, 4.69) is 15.2 Å². The molecule has 1 aromatic heterocycles. The van der Waals surface area contributed by atoms with Crippen molar-refractivity contribution in [2.45, 2.75) is 19.3 Å². The number of hydrogen-bond donors (Lipinski definition) is 3. The third-order valence-electron chi connectivity index (χ3n) is 5.76. The molecule has 0 aliphatic carbocycles. The summed E-state index contributed by atoms with van der Waals surface area (Å²) in [6.07, 6.45) is 6.97. The molecule has 0 unspecified atom stereocenters. The molecule has 0 bridgehead atoms. The number of fused-ring (bicyclic) bond motifs is 1. The average Bonchev–Trinajstić information content (AvgIpc) is 3.24. The Balaban J connectivity index is 1.41. The van der Waals surface area contributed by atoms with Crippen LogP contribution in [0, 0.1) is 0 Å². The van der Waals surface area contributed by atoms with Gasteiger partial charge in [0.15, 0.2) is 5.78 Å². The minimum Gasteiger partial charge on any atom is -0.398 e. The molecule has 3 aromatic rings. The molecule has 4 rings (SSSR count). The summed E-state index contributed by atoms with van der Waals surface area (Å²) in [4.78, 5) is 30.8. The van der Waals surface area contributed by atoms with Gasteiger partial charge < -0.3 is 20.9 Å². The van der Waals surface area contributed by atoms with Crippen LogP contribution in [-0.4, -0.2) is 47.8 Å². The minimum absolute atomic E-state index is 0.166. The number of likely N-dealkylation sites (tertiary alicyclic amines) is 1. The number of allylic oxidation sites excluding steroid dienone is 1. The zero-order valence-corrected chi connectivity index (χ0v) is 17.6. The van der Waals surface area contributed by atoms with Gasteiger partial charge in [-0.1, -0.05) is 36.8 Å². The van der Waals surface area contributed by atoms with Crippen LogP contribution in [0.2, 0.25) is 0 Å². The Labute approximate surface area is 182 Å². The molecule has 160 valence electrons. The van der Waals surface area contributed by atoms with E-state index in [9.17, 15) is 9.59 Å². The Morgan fingerprint density at radius 3 is 2.65 bits per heavy atom. The Bertz CT molecular complexity index is 1110. The van der Waals surface area contributed by atoms with E-state index >= 15 is 0 Å². The molecule has 0 saturated carbocycles. The van der Waals surface area contributed by atoms with E-state index in [1.54, 1.807) is 30.5 Å². The zero-order chi connectivity index (χ0) is 21.6. The molecule has 1 fully saturated rings. The molecule has 1 amide bonds. The molecule has 0 radical (unpaired) electrons. The summed E-state index contributed by atoms with van der Waals surface area (Å²) in [7, 11) is 0. The Morgan fingerprint density at radius 2 is 1.81 bits per heavy atom. The first-order chi connectivity index (χ1) is 15.1. The van der Waals surface area contributed by atoms with Crippen LogP contribution >= 0.6 is 0 Å². The topological polar surface area (TPSA) is 91.2 Å². The predicted octanol–water partition coefficient (Wildman–Crippen LogP) is 3.57. The second-order valence-electron chi connectivity index (χ2n) is 7.95. The number of nitrogens with one attached hydrogen (secondary N) is 2. The quantitative estimate of drug-likeness (QED) is 0.406. The number of H-pyrrole nitrogens is 1. The standard InChI is InChI=1S/C25H28N4O2/c26-22(21-17-28-23-10-3-2-9-20(21)23)16-24(30)18-7-6-8-19(15-18)25(31)27-11-14-29-12-4-1-5-13-29/h2-3,6-10,15-17,28H,1,4-5,11-14,26H2,(H,27,31). The maximum atomic E-state index is 12.8. The maximum Gasteiger partial charge on any atom is 0.251 e. The maximum absolute atomic E-state index is 12.8. The summed E-state index contributed by atoms with van der Waals surface area (Å²) in [5, 5.41) is 3.92. The van der Waals surface area contributed by atoms with Crippen LogP contribution in [-0.2, 0) is 0 Å². The molecule has 2 heterocycles. The van der Waals surface area contributed by atoms with Crippen molar-refractivity contribution in [3.05, 3.63) is 77.5 Å². The first kappa shape index (κ1) is 20.9. The summed E-state index contributed by atoms with van der Waals surface area (Å²) >= 11 is 0. The molecule has 2 aromatic carbocycles. The highest BCUT2D eigenvalue weighted by molar-refractivity contribution is 6.10. The SMILES string of the molecule is NC(=CC(=O)c1cccc(C(=O)NCCN2CCCCC2)c1)c1c[nH]c2ccccc12. The van der Waals surface area contributed by atoms with E-state index in [1.165, 1.54) is 25.3 Å². The van der Waals surface area contributed by atoms with E-state index in [1.807, 2.05) is 24.3 Å². The lowest BCUT2D eigenvalue weighted by Gasteiger charge is -2.26. The van der Waals surface area contributed by atoms with Crippen LogP contribution in [0.25, 0.3) is 16.6 Å². The monoisotopic (exact) mass is 416 g/mol. The number of nitrogens with two attached hydrogens (primary N) is 1. The van der Waals surface area contributed by atoms with Crippen LogP contribution in [0.1, 0.15) is 45.5 Å².